The van der Waals surface area contributed by atoms with Gasteiger partial charge in [0.2, 0.25) is 0 Å². The Labute approximate surface area is 149 Å². The average molecular weight is 339 g/mol. The molecule has 1 aliphatic heterocycles. The van der Waals surface area contributed by atoms with Crippen molar-refractivity contribution in [1.29, 1.82) is 0 Å². The van der Waals surface area contributed by atoms with E-state index < -0.39 is 0 Å². The maximum Gasteiger partial charge on any atom is 0.322 e. The molecule has 5 heteroatoms. The van der Waals surface area contributed by atoms with E-state index in [0.717, 1.165) is 13.1 Å². The zero-order valence-corrected chi connectivity index (χ0v) is 15.1. The van der Waals surface area contributed by atoms with E-state index in [1.807, 2.05) is 29.2 Å². The Kier molecular flexibility index (Phi) is 5.12. The van der Waals surface area contributed by atoms with Gasteiger partial charge in [-0.3, -0.25) is 0 Å². The van der Waals surface area contributed by atoms with Crippen LogP contribution in [0.4, 0.5) is 16.2 Å². The molecule has 1 fully saturated rings. The second-order valence-electron chi connectivity index (χ2n) is 6.34. The molecule has 0 spiro atoms. The van der Waals surface area contributed by atoms with Crippen LogP contribution in [-0.2, 0) is 0 Å². The number of piperazine rings is 1. The lowest BCUT2D eigenvalue weighted by atomic mass is 10.1. The molecule has 0 saturated carbocycles. The molecule has 1 aliphatic rings. The highest BCUT2D eigenvalue weighted by Gasteiger charge is 2.23. The van der Waals surface area contributed by atoms with Crippen LogP contribution in [0.1, 0.15) is 11.1 Å². The maximum absolute atomic E-state index is 12.6. The van der Waals surface area contributed by atoms with Gasteiger partial charge in [0.1, 0.15) is 5.75 Å². The van der Waals surface area contributed by atoms with E-state index in [0.29, 0.717) is 24.5 Å². The summed E-state index contributed by atoms with van der Waals surface area (Å²) in [5.74, 6) is 0.671. The van der Waals surface area contributed by atoms with E-state index >= 15 is 0 Å². The number of nitrogens with one attached hydrogen (secondary N) is 1. The molecule has 2 amide bonds. The van der Waals surface area contributed by atoms with Crippen LogP contribution in [0.5, 0.6) is 5.75 Å². The van der Waals surface area contributed by atoms with Gasteiger partial charge in [0.15, 0.2) is 0 Å². The molecule has 132 valence electrons. The monoisotopic (exact) mass is 339 g/mol. The molecule has 3 rings (SSSR count). The number of nitrogens with zero attached hydrogens (tertiary/aromatic N) is 2. The molecule has 25 heavy (non-hydrogen) atoms. The van der Waals surface area contributed by atoms with Crippen LogP contribution in [0, 0.1) is 13.8 Å². The van der Waals surface area contributed by atoms with Crippen molar-refractivity contribution in [3.05, 3.63) is 53.6 Å². The largest absolute Gasteiger partial charge is 0.495 e. The van der Waals surface area contributed by atoms with E-state index in [1.54, 1.807) is 7.11 Å². The molecule has 0 bridgehead atoms. The van der Waals surface area contributed by atoms with E-state index in [-0.39, 0.29) is 6.03 Å². The van der Waals surface area contributed by atoms with E-state index in [1.165, 1.54) is 16.8 Å². The summed E-state index contributed by atoms with van der Waals surface area (Å²) >= 11 is 0. The molecule has 2 aromatic carbocycles. The summed E-state index contributed by atoms with van der Waals surface area (Å²) in [5.41, 5.74) is 4.57. The lowest BCUT2D eigenvalue weighted by molar-refractivity contribution is 0.208. The molecule has 5 nitrogen and oxygen atoms in total. The molecular formula is C20H25N3O2. The van der Waals surface area contributed by atoms with Crippen LogP contribution < -0.4 is 15.0 Å². The zero-order valence-electron chi connectivity index (χ0n) is 15.1. The fourth-order valence-electron chi connectivity index (χ4n) is 3.38. The Bertz CT molecular complexity index is 732. The van der Waals surface area contributed by atoms with Crippen LogP contribution in [0.2, 0.25) is 0 Å². The van der Waals surface area contributed by atoms with Gasteiger partial charge in [0.25, 0.3) is 0 Å². The second-order valence-corrected chi connectivity index (χ2v) is 6.34. The Hall–Kier alpha value is -2.69. The molecule has 1 N–H and O–H groups in total. The highest BCUT2D eigenvalue weighted by Crippen LogP contribution is 2.26. The lowest BCUT2D eigenvalue weighted by Crippen LogP contribution is -2.50. The predicted molar refractivity (Wildman–Crippen MR) is 102 cm³/mol. The predicted octanol–water partition coefficient (Wildman–Crippen LogP) is 3.67. The first-order valence-electron chi connectivity index (χ1n) is 8.60. The molecule has 0 aromatic heterocycles. The zero-order chi connectivity index (χ0) is 17.8. The third kappa shape index (κ3) is 3.71. The molecule has 0 atom stereocenters. The molecule has 0 unspecified atom stereocenters. The number of carbonyl (C=O) groups is 1. The fourth-order valence-corrected chi connectivity index (χ4v) is 3.38. The number of benzene rings is 2. The van der Waals surface area contributed by atoms with Gasteiger partial charge in [-0.2, -0.15) is 0 Å². The Morgan fingerprint density at radius 3 is 2.24 bits per heavy atom. The lowest BCUT2D eigenvalue weighted by Gasteiger charge is -2.37. The van der Waals surface area contributed by atoms with Crippen molar-refractivity contribution in [1.82, 2.24) is 4.90 Å². The fraction of sp³-hybridized carbons (Fsp3) is 0.350. The van der Waals surface area contributed by atoms with E-state index in [2.05, 4.69) is 42.3 Å². The summed E-state index contributed by atoms with van der Waals surface area (Å²) in [7, 11) is 1.61. The number of hydrogen-bond acceptors (Lipinski definition) is 3. The van der Waals surface area contributed by atoms with Crippen LogP contribution in [-0.4, -0.2) is 44.2 Å². The first kappa shape index (κ1) is 17.1. The number of rotatable bonds is 3. The highest BCUT2D eigenvalue weighted by atomic mass is 16.5. The smallest absolute Gasteiger partial charge is 0.322 e. The van der Waals surface area contributed by atoms with Gasteiger partial charge in [-0.15, -0.1) is 0 Å². The number of anilines is 2. The van der Waals surface area contributed by atoms with Crippen molar-refractivity contribution in [3.8, 4) is 5.75 Å². The van der Waals surface area contributed by atoms with Crippen LogP contribution in [0.15, 0.2) is 42.5 Å². The first-order valence-corrected chi connectivity index (χ1v) is 8.60. The molecule has 1 saturated heterocycles. The van der Waals surface area contributed by atoms with Crippen LogP contribution in [0.3, 0.4) is 0 Å². The number of aryl methyl sites for hydroxylation is 2. The summed E-state index contributed by atoms with van der Waals surface area (Å²) in [4.78, 5) is 16.8. The Balaban J connectivity index is 1.63. The number of hydrogen-bond donors (Lipinski definition) is 1. The van der Waals surface area contributed by atoms with Gasteiger partial charge < -0.3 is 19.9 Å². The van der Waals surface area contributed by atoms with Crippen molar-refractivity contribution in [2.45, 2.75) is 13.8 Å². The minimum absolute atomic E-state index is 0.0781. The minimum Gasteiger partial charge on any atom is -0.495 e. The third-order valence-electron chi connectivity index (χ3n) is 4.67. The number of amides is 2. The first-order chi connectivity index (χ1) is 12.1. The standard InChI is InChI=1S/C20H25N3O2/c1-15-7-6-8-16(2)19(15)22-11-13-23(14-12-22)20(24)21-17-9-4-5-10-18(17)25-3/h4-10H,11-14H2,1-3H3,(H,21,24). The van der Waals surface area contributed by atoms with Gasteiger partial charge in [-0.05, 0) is 37.1 Å². The Morgan fingerprint density at radius 2 is 1.60 bits per heavy atom. The van der Waals surface area contributed by atoms with Crippen molar-refractivity contribution >= 4 is 17.4 Å². The maximum atomic E-state index is 12.6. The normalized spacial score (nSPS) is 14.4. The molecule has 0 aliphatic carbocycles. The van der Waals surface area contributed by atoms with Crippen molar-refractivity contribution in [3.63, 3.8) is 0 Å². The number of carbonyl (C=O) groups excluding carboxylic acids is 1. The molecule has 0 radical (unpaired) electrons. The Morgan fingerprint density at radius 1 is 0.960 bits per heavy atom. The summed E-state index contributed by atoms with van der Waals surface area (Å²) < 4.78 is 5.29. The van der Waals surface area contributed by atoms with Crippen molar-refractivity contribution in [2.24, 2.45) is 0 Å². The topological polar surface area (TPSA) is 44.8 Å². The van der Waals surface area contributed by atoms with Gasteiger partial charge in [-0.1, -0.05) is 30.3 Å². The number of urea groups is 1. The molecule has 2 aromatic rings. The average Bonchev–Trinajstić information content (AvgIpc) is 2.62. The minimum atomic E-state index is -0.0781. The van der Waals surface area contributed by atoms with Crippen molar-refractivity contribution < 1.29 is 9.53 Å². The van der Waals surface area contributed by atoms with Crippen molar-refractivity contribution in [2.75, 3.05) is 43.5 Å². The number of para-hydroxylation sites is 3. The van der Waals surface area contributed by atoms with Gasteiger partial charge in [-0.25, -0.2) is 4.79 Å². The van der Waals surface area contributed by atoms with Crippen LogP contribution in [0.25, 0.3) is 0 Å². The van der Waals surface area contributed by atoms with Gasteiger partial charge in [0, 0.05) is 31.9 Å². The SMILES string of the molecule is COc1ccccc1NC(=O)N1CCN(c2c(C)cccc2C)CC1. The van der Waals surface area contributed by atoms with Gasteiger partial charge in [0.05, 0.1) is 12.8 Å². The number of methoxy groups -OCH3 is 1. The van der Waals surface area contributed by atoms with E-state index in [4.69, 9.17) is 4.74 Å². The third-order valence-corrected chi connectivity index (χ3v) is 4.67. The number of ether oxygens (including phenoxy) is 1. The van der Waals surface area contributed by atoms with E-state index in [9.17, 15) is 4.79 Å². The highest BCUT2D eigenvalue weighted by molar-refractivity contribution is 5.91. The summed E-state index contributed by atoms with van der Waals surface area (Å²) in [6.45, 7) is 7.37. The van der Waals surface area contributed by atoms with Gasteiger partial charge >= 0.3 is 6.03 Å². The summed E-state index contributed by atoms with van der Waals surface area (Å²) in [6, 6.07) is 13.8. The molecule has 1 heterocycles. The van der Waals surface area contributed by atoms with Crippen LogP contribution >= 0.6 is 0 Å². The quantitative estimate of drug-likeness (QED) is 0.928. The summed E-state index contributed by atoms with van der Waals surface area (Å²) in [6.07, 6.45) is 0. The summed E-state index contributed by atoms with van der Waals surface area (Å²) in [5, 5.41) is 2.95. The molecular weight excluding hydrogens is 314 g/mol. The second kappa shape index (κ2) is 7.47.